The minimum Gasteiger partial charge on any atom is -0.330 e. The van der Waals surface area contributed by atoms with Crippen molar-refractivity contribution in [1.29, 1.82) is 0 Å². The molecular weight excluding hydrogens is 267 g/mol. The van der Waals surface area contributed by atoms with Gasteiger partial charge in [-0.1, -0.05) is 18.2 Å². The summed E-state index contributed by atoms with van der Waals surface area (Å²) in [6.45, 7) is 1.62. The lowest BCUT2D eigenvalue weighted by Crippen LogP contribution is -2.15. The van der Waals surface area contributed by atoms with E-state index >= 15 is 0 Å². The van der Waals surface area contributed by atoms with Gasteiger partial charge in [-0.2, -0.15) is 0 Å². The van der Waals surface area contributed by atoms with Crippen LogP contribution in [0.1, 0.15) is 25.7 Å². The van der Waals surface area contributed by atoms with E-state index in [1.54, 1.807) is 0 Å². The first-order chi connectivity index (χ1) is 6.66. The Kier molecular flexibility index (Phi) is 21.1. The molecule has 0 heterocycles. The second-order valence-electron chi connectivity index (χ2n) is 3.62. The molecule has 0 amide bonds. The fourth-order valence-corrected chi connectivity index (χ4v) is 1.81. The SMILES string of the molecule is CN(C)CCC(=O)SCCCCCN.Cl.Cl. The third kappa shape index (κ3) is 16.9. The summed E-state index contributed by atoms with van der Waals surface area (Å²) >= 11 is 1.46. The van der Waals surface area contributed by atoms with Crippen LogP contribution in [0.15, 0.2) is 0 Å². The Balaban J connectivity index is -0.000000845. The second kappa shape index (κ2) is 15.5. The maximum absolute atomic E-state index is 11.3. The Morgan fingerprint density at radius 3 is 2.31 bits per heavy atom. The van der Waals surface area contributed by atoms with Gasteiger partial charge in [0.05, 0.1) is 0 Å². The van der Waals surface area contributed by atoms with Crippen molar-refractivity contribution in [1.82, 2.24) is 4.90 Å². The highest BCUT2D eigenvalue weighted by molar-refractivity contribution is 8.13. The number of halogens is 2. The number of thioether (sulfide) groups is 1. The van der Waals surface area contributed by atoms with Crippen LogP contribution in [-0.4, -0.2) is 43.0 Å². The van der Waals surface area contributed by atoms with Crippen molar-refractivity contribution in [3.63, 3.8) is 0 Å². The van der Waals surface area contributed by atoms with Crippen LogP contribution in [0.3, 0.4) is 0 Å². The molecule has 2 N–H and O–H groups in total. The third-order valence-electron chi connectivity index (χ3n) is 1.87. The Morgan fingerprint density at radius 2 is 1.81 bits per heavy atom. The van der Waals surface area contributed by atoms with E-state index in [4.69, 9.17) is 5.73 Å². The predicted octanol–water partition coefficient (Wildman–Crippen LogP) is 2.17. The molecule has 0 rings (SSSR count). The van der Waals surface area contributed by atoms with Crippen molar-refractivity contribution in [2.45, 2.75) is 25.7 Å². The lowest BCUT2D eigenvalue weighted by Gasteiger charge is -2.07. The van der Waals surface area contributed by atoms with Gasteiger partial charge in [0.25, 0.3) is 0 Å². The number of unbranched alkanes of at least 4 members (excludes halogenated alkanes) is 2. The Labute approximate surface area is 116 Å². The minimum absolute atomic E-state index is 0. The van der Waals surface area contributed by atoms with Crippen molar-refractivity contribution < 1.29 is 4.79 Å². The molecule has 0 unspecified atom stereocenters. The fraction of sp³-hybridized carbons (Fsp3) is 0.900. The maximum atomic E-state index is 11.3. The van der Waals surface area contributed by atoms with Crippen LogP contribution in [0, 0.1) is 0 Å². The van der Waals surface area contributed by atoms with Crippen molar-refractivity contribution in [3.05, 3.63) is 0 Å². The van der Waals surface area contributed by atoms with Crippen LogP contribution in [0.2, 0.25) is 0 Å². The smallest absolute Gasteiger partial charge is 0.190 e. The summed E-state index contributed by atoms with van der Waals surface area (Å²) in [5.74, 6) is 0.951. The van der Waals surface area contributed by atoms with Crippen molar-refractivity contribution >= 4 is 41.7 Å². The van der Waals surface area contributed by atoms with Gasteiger partial charge in [0.2, 0.25) is 0 Å². The lowest BCUT2D eigenvalue weighted by molar-refractivity contribution is -0.111. The molecule has 6 heteroatoms. The van der Waals surface area contributed by atoms with Gasteiger partial charge >= 0.3 is 0 Å². The van der Waals surface area contributed by atoms with Crippen molar-refractivity contribution in [3.8, 4) is 0 Å². The first-order valence-corrected chi connectivity index (χ1v) is 6.15. The van der Waals surface area contributed by atoms with E-state index in [-0.39, 0.29) is 24.8 Å². The highest BCUT2D eigenvalue weighted by Gasteiger charge is 2.02. The Hall–Kier alpha value is 0.520. The molecule has 0 aliphatic rings. The first-order valence-electron chi connectivity index (χ1n) is 5.17. The number of hydrogen-bond acceptors (Lipinski definition) is 4. The molecule has 100 valence electrons. The topological polar surface area (TPSA) is 46.3 Å². The molecule has 0 bridgehead atoms. The molecule has 0 saturated carbocycles. The van der Waals surface area contributed by atoms with Crippen molar-refractivity contribution in [2.24, 2.45) is 5.73 Å². The van der Waals surface area contributed by atoms with Crippen LogP contribution in [0.4, 0.5) is 0 Å². The van der Waals surface area contributed by atoms with Gasteiger partial charge in [-0.15, -0.1) is 24.8 Å². The van der Waals surface area contributed by atoms with Gasteiger partial charge in [-0.25, -0.2) is 0 Å². The predicted molar refractivity (Wildman–Crippen MR) is 78.0 cm³/mol. The zero-order chi connectivity index (χ0) is 10.8. The molecule has 16 heavy (non-hydrogen) atoms. The Bertz CT molecular complexity index is 160. The van der Waals surface area contributed by atoms with Gasteiger partial charge in [0.1, 0.15) is 0 Å². The summed E-state index contributed by atoms with van der Waals surface area (Å²) in [7, 11) is 3.97. The van der Waals surface area contributed by atoms with E-state index in [1.807, 2.05) is 19.0 Å². The molecule has 3 nitrogen and oxygen atoms in total. The van der Waals surface area contributed by atoms with Crippen LogP contribution >= 0.6 is 36.6 Å². The fourth-order valence-electron chi connectivity index (χ4n) is 0.996. The molecule has 0 aromatic carbocycles. The number of rotatable bonds is 8. The highest BCUT2D eigenvalue weighted by Crippen LogP contribution is 2.09. The molecule has 0 aliphatic heterocycles. The third-order valence-corrected chi connectivity index (χ3v) is 2.89. The average molecular weight is 291 g/mol. The van der Waals surface area contributed by atoms with E-state index in [1.165, 1.54) is 11.8 Å². The van der Waals surface area contributed by atoms with Gasteiger partial charge in [0, 0.05) is 18.7 Å². The summed E-state index contributed by atoms with van der Waals surface area (Å²) in [4.78, 5) is 13.3. The molecule has 0 saturated heterocycles. The van der Waals surface area contributed by atoms with E-state index in [0.717, 1.165) is 38.1 Å². The minimum atomic E-state index is 0. The van der Waals surface area contributed by atoms with Crippen LogP contribution in [-0.2, 0) is 4.79 Å². The zero-order valence-corrected chi connectivity index (χ0v) is 12.6. The molecule has 0 aromatic rings. The zero-order valence-electron chi connectivity index (χ0n) is 10.1. The molecule has 0 fully saturated rings. The number of carbonyl (C=O) groups excluding carboxylic acids is 1. The number of hydrogen-bond donors (Lipinski definition) is 1. The molecule has 0 aliphatic carbocycles. The van der Waals surface area contributed by atoms with Crippen molar-refractivity contribution in [2.75, 3.05) is 32.9 Å². The van der Waals surface area contributed by atoms with Gasteiger partial charge in [0.15, 0.2) is 5.12 Å². The Morgan fingerprint density at radius 1 is 1.19 bits per heavy atom. The summed E-state index contributed by atoms with van der Waals surface area (Å²) in [5, 5.41) is 0.312. The summed E-state index contributed by atoms with van der Waals surface area (Å²) < 4.78 is 0. The highest BCUT2D eigenvalue weighted by atomic mass is 35.5. The number of nitrogens with zero attached hydrogens (tertiary/aromatic N) is 1. The molecular formula is C10H24Cl2N2OS. The summed E-state index contributed by atoms with van der Waals surface area (Å²) in [6.07, 6.45) is 3.99. The largest absolute Gasteiger partial charge is 0.330 e. The summed E-state index contributed by atoms with van der Waals surface area (Å²) in [5.41, 5.74) is 5.37. The van der Waals surface area contributed by atoms with Crippen LogP contribution < -0.4 is 5.73 Å². The second-order valence-corrected chi connectivity index (χ2v) is 4.78. The van der Waals surface area contributed by atoms with E-state index < -0.39 is 0 Å². The molecule has 0 atom stereocenters. The van der Waals surface area contributed by atoms with Crippen LogP contribution in [0.25, 0.3) is 0 Å². The van der Waals surface area contributed by atoms with Crippen LogP contribution in [0.5, 0.6) is 0 Å². The van der Waals surface area contributed by atoms with Gasteiger partial charge < -0.3 is 10.6 Å². The molecule has 0 spiro atoms. The first kappa shape index (κ1) is 21.8. The van der Waals surface area contributed by atoms with E-state index in [0.29, 0.717) is 11.5 Å². The standard InChI is InChI=1S/C10H22N2OS.2ClH/c1-12(2)8-6-10(13)14-9-5-3-4-7-11;;/h3-9,11H2,1-2H3;2*1H. The lowest BCUT2D eigenvalue weighted by atomic mass is 10.2. The average Bonchev–Trinajstić information content (AvgIpc) is 2.14. The maximum Gasteiger partial charge on any atom is 0.190 e. The van der Waals surface area contributed by atoms with Gasteiger partial charge in [-0.3, -0.25) is 4.79 Å². The number of nitrogens with two attached hydrogens (primary N) is 1. The molecule has 0 aromatic heterocycles. The molecule has 0 radical (unpaired) electrons. The van der Waals surface area contributed by atoms with Gasteiger partial charge in [-0.05, 0) is 33.5 Å². The van der Waals surface area contributed by atoms with E-state index in [2.05, 4.69) is 0 Å². The monoisotopic (exact) mass is 290 g/mol. The van der Waals surface area contributed by atoms with E-state index in [9.17, 15) is 4.79 Å². The summed E-state index contributed by atoms with van der Waals surface area (Å²) in [6, 6.07) is 0. The quantitative estimate of drug-likeness (QED) is 0.696. The number of carbonyl (C=O) groups is 1. The normalized spacial score (nSPS) is 9.50.